The van der Waals surface area contributed by atoms with Gasteiger partial charge in [0.2, 0.25) is 0 Å². The topological polar surface area (TPSA) is 47.4 Å². The number of aromatic nitrogens is 2. The van der Waals surface area contributed by atoms with Crippen LogP contribution in [-0.2, 0) is 13.6 Å². The molecule has 0 radical (unpaired) electrons. The lowest BCUT2D eigenvalue weighted by Gasteiger charge is -2.18. The summed E-state index contributed by atoms with van der Waals surface area (Å²) >= 11 is 6.05. The van der Waals surface area contributed by atoms with Crippen molar-refractivity contribution in [3.8, 4) is 5.75 Å². The van der Waals surface area contributed by atoms with E-state index in [4.69, 9.17) is 16.3 Å². The predicted octanol–water partition coefficient (Wildman–Crippen LogP) is 2.35. The van der Waals surface area contributed by atoms with Crippen molar-refractivity contribution in [2.45, 2.75) is 6.54 Å². The number of amides is 1. The zero-order valence-corrected chi connectivity index (χ0v) is 12.4. The Balaban J connectivity index is 2.16. The number of nitrogens with zero attached hydrogens (tertiary/aromatic N) is 3. The molecule has 2 aromatic rings. The fourth-order valence-electron chi connectivity index (χ4n) is 1.89. The van der Waals surface area contributed by atoms with Crippen molar-refractivity contribution in [3.05, 3.63) is 46.7 Å². The number of halogens is 1. The van der Waals surface area contributed by atoms with Crippen LogP contribution >= 0.6 is 11.6 Å². The van der Waals surface area contributed by atoms with Crippen LogP contribution in [0.5, 0.6) is 5.75 Å². The van der Waals surface area contributed by atoms with E-state index >= 15 is 0 Å². The average Bonchev–Trinajstić information content (AvgIpc) is 2.78. The molecule has 0 saturated carbocycles. The SMILES string of the molecule is COc1cccc(C(=O)N(C)Cc2c(Cl)cnn2C)c1. The molecule has 0 atom stereocenters. The minimum atomic E-state index is -0.0961. The molecule has 1 aromatic heterocycles. The van der Waals surface area contributed by atoms with E-state index in [-0.39, 0.29) is 5.91 Å². The Morgan fingerprint density at radius 3 is 2.85 bits per heavy atom. The molecule has 106 valence electrons. The molecule has 0 N–H and O–H groups in total. The molecule has 5 nitrogen and oxygen atoms in total. The third-order valence-corrected chi connectivity index (χ3v) is 3.38. The molecule has 1 aromatic carbocycles. The summed E-state index contributed by atoms with van der Waals surface area (Å²) in [6.07, 6.45) is 1.57. The molecule has 0 aliphatic rings. The number of ether oxygens (including phenoxy) is 1. The normalized spacial score (nSPS) is 10.4. The van der Waals surface area contributed by atoms with Gasteiger partial charge in [-0.05, 0) is 18.2 Å². The van der Waals surface area contributed by atoms with E-state index < -0.39 is 0 Å². The molecular weight excluding hydrogens is 278 g/mol. The number of rotatable bonds is 4. The Hall–Kier alpha value is -2.01. The highest BCUT2D eigenvalue weighted by atomic mass is 35.5. The van der Waals surface area contributed by atoms with Crippen LogP contribution in [0.15, 0.2) is 30.5 Å². The van der Waals surface area contributed by atoms with Crippen molar-refractivity contribution in [1.29, 1.82) is 0 Å². The van der Waals surface area contributed by atoms with Gasteiger partial charge in [-0.15, -0.1) is 0 Å². The minimum Gasteiger partial charge on any atom is -0.497 e. The number of hydrogen-bond donors (Lipinski definition) is 0. The molecule has 0 aliphatic heterocycles. The van der Waals surface area contributed by atoms with Crippen molar-refractivity contribution in [2.75, 3.05) is 14.2 Å². The van der Waals surface area contributed by atoms with E-state index in [0.717, 1.165) is 5.69 Å². The zero-order chi connectivity index (χ0) is 14.7. The minimum absolute atomic E-state index is 0.0961. The summed E-state index contributed by atoms with van der Waals surface area (Å²) in [7, 11) is 5.10. The van der Waals surface area contributed by atoms with Gasteiger partial charge in [0.25, 0.3) is 5.91 Å². The molecule has 20 heavy (non-hydrogen) atoms. The second kappa shape index (κ2) is 5.96. The summed E-state index contributed by atoms with van der Waals surface area (Å²) in [4.78, 5) is 14.0. The number of carbonyl (C=O) groups is 1. The Morgan fingerprint density at radius 1 is 1.50 bits per heavy atom. The number of aryl methyl sites for hydroxylation is 1. The molecule has 0 bridgehead atoms. The predicted molar refractivity (Wildman–Crippen MR) is 77.0 cm³/mol. The lowest BCUT2D eigenvalue weighted by molar-refractivity contribution is 0.0781. The van der Waals surface area contributed by atoms with Crippen LogP contribution in [0.2, 0.25) is 5.02 Å². The molecule has 0 fully saturated rings. The summed E-state index contributed by atoms with van der Waals surface area (Å²) < 4.78 is 6.79. The summed E-state index contributed by atoms with van der Waals surface area (Å²) in [5.74, 6) is 0.559. The van der Waals surface area contributed by atoms with E-state index in [9.17, 15) is 4.79 Å². The van der Waals surface area contributed by atoms with Gasteiger partial charge < -0.3 is 9.64 Å². The maximum absolute atomic E-state index is 12.4. The van der Waals surface area contributed by atoms with Crippen LogP contribution in [0.4, 0.5) is 0 Å². The molecular formula is C14H16ClN3O2. The first-order chi connectivity index (χ1) is 9.52. The van der Waals surface area contributed by atoms with Gasteiger partial charge in [0.05, 0.1) is 30.6 Å². The van der Waals surface area contributed by atoms with Crippen LogP contribution in [0.3, 0.4) is 0 Å². The lowest BCUT2D eigenvalue weighted by Crippen LogP contribution is -2.27. The van der Waals surface area contributed by atoms with Gasteiger partial charge in [-0.2, -0.15) is 5.10 Å². The van der Waals surface area contributed by atoms with Gasteiger partial charge in [-0.3, -0.25) is 9.48 Å². The summed E-state index contributed by atoms with van der Waals surface area (Å²) in [6, 6.07) is 7.06. The second-order valence-electron chi connectivity index (χ2n) is 4.46. The van der Waals surface area contributed by atoms with Crippen molar-refractivity contribution in [2.24, 2.45) is 7.05 Å². The van der Waals surface area contributed by atoms with Gasteiger partial charge in [0.15, 0.2) is 0 Å². The van der Waals surface area contributed by atoms with Crippen LogP contribution < -0.4 is 4.74 Å². The van der Waals surface area contributed by atoms with E-state index in [1.54, 1.807) is 61.2 Å². The summed E-state index contributed by atoms with van der Waals surface area (Å²) in [5.41, 5.74) is 1.37. The molecule has 2 rings (SSSR count). The molecule has 1 heterocycles. The Bertz CT molecular complexity index is 605. The van der Waals surface area contributed by atoms with Crippen molar-refractivity contribution < 1.29 is 9.53 Å². The molecule has 0 saturated heterocycles. The highest BCUT2D eigenvalue weighted by molar-refractivity contribution is 6.31. The van der Waals surface area contributed by atoms with Gasteiger partial charge in [-0.1, -0.05) is 17.7 Å². The number of methoxy groups -OCH3 is 1. The Kier molecular flexibility index (Phi) is 4.29. The zero-order valence-electron chi connectivity index (χ0n) is 11.6. The smallest absolute Gasteiger partial charge is 0.254 e. The maximum Gasteiger partial charge on any atom is 0.254 e. The summed E-state index contributed by atoms with van der Waals surface area (Å²) in [6.45, 7) is 0.394. The Morgan fingerprint density at radius 2 is 2.25 bits per heavy atom. The van der Waals surface area contributed by atoms with Crippen molar-refractivity contribution >= 4 is 17.5 Å². The standard InChI is InChI=1S/C14H16ClN3O2/c1-17(9-13-12(15)8-16-18(13)2)14(19)10-5-4-6-11(7-10)20-3/h4-8H,9H2,1-3H3. The maximum atomic E-state index is 12.4. The number of benzene rings is 1. The third-order valence-electron chi connectivity index (χ3n) is 3.06. The molecule has 1 amide bonds. The monoisotopic (exact) mass is 293 g/mol. The number of hydrogen-bond acceptors (Lipinski definition) is 3. The fourth-order valence-corrected chi connectivity index (χ4v) is 2.11. The third kappa shape index (κ3) is 2.93. The fraction of sp³-hybridized carbons (Fsp3) is 0.286. The Labute approximate surface area is 122 Å². The van der Waals surface area contributed by atoms with Gasteiger partial charge in [0, 0.05) is 19.7 Å². The highest BCUT2D eigenvalue weighted by Gasteiger charge is 2.16. The second-order valence-corrected chi connectivity index (χ2v) is 4.86. The van der Waals surface area contributed by atoms with E-state index in [2.05, 4.69) is 5.10 Å². The molecule has 0 spiro atoms. The van der Waals surface area contributed by atoms with E-state index in [1.165, 1.54) is 0 Å². The van der Waals surface area contributed by atoms with Gasteiger partial charge >= 0.3 is 0 Å². The summed E-state index contributed by atoms with van der Waals surface area (Å²) in [5, 5.41) is 4.61. The van der Waals surface area contributed by atoms with Crippen molar-refractivity contribution in [3.63, 3.8) is 0 Å². The van der Waals surface area contributed by atoms with Crippen LogP contribution in [0.25, 0.3) is 0 Å². The molecule has 0 unspecified atom stereocenters. The largest absolute Gasteiger partial charge is 0.497 e. The van der Waals surface area contributed by atoms with Gasteiger partial charge in [-0.25, -0.2) is 0 Å². The van der Waals surface area contributed by atoms with Crippen LogP contribution in [-0.4, -0.2) is 34.7 Å². The van der Waals surface area contributed by atoms with Gasteiger partial charge in [0.1, 0.15) is 5.75 Å². The first kappa shape index (κ1) is 14.4. The quantitative estimate of drug-likeness (QED) is 0.869. The van der Waals surface area contributed by atoms with Crippen LogP contribution in [0, 0.1) is 0 Å². The van der Waals surface area contributed by atoms with E-state index in [1.807, 2.05) is 0 Å². The first-order valence-corrected chi connectivity index (χ1v) is 6.46. The molecule has 6 heteroatoms. The van der Waals surface area contributed by atoms with E-state index in [0.29, 0.717) is 22.9 Å². The van der Waals surface area contributed by atoms with Crippen molar-refractivity contribution in [1.82, 2.24) is 14.7 Å². The lowest BCUT2D eigenvalue weighted by atomic mass is 10.2. The first-order valence-electron chi connectivity index (χ1n) is 6.09. The highest BCUT2D eigenvalue weighted by Crippen LogP contribution is 2.18. The van der Waals surface area contributed by atoms with Crippen LogP contribution in [0.1, 0.15) is 16.1 Å². The molecule has 0 aliphatic carbocycles. The number of carbonyl (C=O) groups excluding carboxylic acids is 1. The average molecular weight is 294 g/mol.